The molecule has 0 aliphatic heterocycles. The third-order valence-electron chi connectivity index (χ3n) is 3.91. The van der Waals surface area contributed by atoms with E-state index < -0.39 is 0 Å². The summed E-state index contributed by atoms with van der Waals surface area (Å²) in [4.78, 5) is 14.1. The highest BCUT2D eigenvalue weighted by atomic mass is 35.5. The minimum absolute atomic E-state index is 0.0310. The van der Waals surface area contributed by atoms with E-state index in [1.54, 1.807) is 0 Å². The third-order valence-corrected chi connectivity index (χ3v) is 5.31. The zero-order chi connectivity index (χ0) is 17.8. The Kier molecular flexibility index (Phi) is 5.73. The van der Waals surface area contributed by atoms with Crippen LogP contribution in [0.4, 0.5) is 0 Å². The molecule has 0 fully saturated rings. The molecule has 2 N–H and O–H groups in total. The monoisotopic (exact) mass is 376 g/mol. The Labute approximate surface area is 156 Å². The molecule has 132 valence electrons. The number of nitrogens with zero attached hydrogens (tertiary/aromatic N) is 2. The molecule has 5 nitrogen and oxygen atoms in total. The van der Waals surface area contributed by atoms with Gasteiger partial charge in [0.1, 0.15) is 4.83 Å². The van der Waals surface area contributed by atoms with E-state index in [4.69, 9.17) is 11.6 Å². The number of hydrogen-bond acceptors (Lipinski definition) is 4. The van der Waals surface area contributed by atoms with Crippen LogP contribution in [0.1, 0.15) is 27.9 Å². The molecule has 0 bridgehead atoms. The Balaban J connectivity index is 1.78. The lowest BCUT2D eigenvalue weighted by atomic mass is 10.2. The number of thiophene rings is 1. The first kappa shape index (κ1) is 17.9. The second kappa shape index (κ2) is 7.99. The van der Waals surface area contributed by atoms with Crippen molar-refractivity contribution in [2.75, 3.05) is 19.6 Å². The molecule has 0 atom stereocenters. The molecule has 0 aliphatic carbocycles. The topological polar surface area (TPSA) is 58.9 Å². The molecular formula is C18H21ClN4OS. The summed E-state index contributed by atoms with van der Waals surface area (Å²) in [6, 6.07) is 9.67. The van der Waals surface area contributed by atoms with Gasteiger partial charge >= 0.3 is 0 Å². The lowest BCUT2D eigenvalue weighted by Gasteiger charge is -2.04. The smallest absolute Gasteiger partial charge is 0.261 e. The van der Waals surface area contributed by atoms with Crippen molar-refractivity contribution in [3.63, 3.8) is 0 Å². The maximum Gasteiger partial charge on any atom is 0.261 e. The van der Waals surface area contributed by atoms with Gasteiger partial charge in [-0.1, -0.05) is 30.7 Å². The summed E-state index contributed by atoms with van der Waals surface area (Å²) in [6.45, 7) is 6.97. The molecule has 3 aromatic rings. The van der Waals surface area contributed by atoms with Crippen LogP contribution in [-0.2, 0) is 6.54 Å². The number of aryl methyl sites for hydroxylation is 1. The number of rotatable bonds is 7. The Bertz CT molecular complexity index is 869. The molecule has 7 heteroatoms. The molecule has 0 saturated heterocycles. The van der Waals surface area contributed by atoms with Crippen molar-refractivity contribution in [2.45, 2.75) is 20.4 Å². The van der Waals surface area contributed by atoms with E-state index in [0.717, 1.165) is 44.5 Å². The largest absolute Gasteiger partial charge is 0.350 e. The Morgan fingerprint density at radius 1 is 1.28 bits per heavy atom. The van der Waals surface area contributed by atoms with Gasteiger partial charge in [0, 0.05) is 23.5 Å². The number of nitrogens with one attached hydrogen (secondary N) is 2. The molecule has 25 heavy (non-hydrogen) atoms. The van der Waals surface area contributed by atoms with Crippen molar-refractivity contribution >= 4 is 39.1 Å². The maximum atomic E-state index is 12.3. The average Bonchev–Trinajstić information content (AvgIpc) is 3.15. The van der Waals surface area contributed by atoms with Gasteiger partial charge in [0.15, 0.2) is 0 Å². The highest BCUT2D eigenvalue weighted by molar-refractivity contribution is 7.20. The summed E-state index contributed by atoms with van der Waals surface area (Å²) < 4.78 is 1.95. The van der Waals surface area contributed by atoms with Crippen LogP contribution in [0.15, 0.2) is 30.3 Å². The fraction of sp³-hybridized carbons (Fsp3) is 0.333. The summed E-state index contributed by atoms with van der Waals surface area (Å²) in [7, 11) is 0. The van der Waals surface area contributed by atoms with E-state index in [1.807, 2.05) is 48.9 Å². The summed E-state index contributed by atoms with van der Waals surface area (Å²) in [5, 5.41) is 12.5. The number of carbonyl (C=O) groups excluding carboxylic acids is 1. The highest BCUT2D eigenvalue weighted by Crippen LogP contribution is 2.29. The lowest BCUT2D eigenvalue weighted by molar-refractivity contribution is 0.0958. The zero-order valence-corrected chi connectivity index (χ0v) is 15.9. The van der Waals surface area contributed by atoms with Crippen LogP contribution >= 0.6 is 22.9 Å². The molecule has 3 rings (SSSR count). The van der Waals surface area contributed by atoms with Crippen LogP contribution in [0.3, 0.4) is 0 Å². The van der Waals surface area contributed by atoms with Gasteiger partial charge < -0.3 is 10.6 Å². The molecule has 0 spiro atoms. The number of carbonyl (C=O) groups is 1. The number of benzene rings is 1. The van der Waals surface area contributed by atoms with Crippen LogP contribution in [-0.4, -0.2) is 35.3 Å². The number of aromatic nitrogens is 2. The Morgan fingerprint density at radius 2 is 2.04 bits per heavy atom. The second-order valence-electron chi connectivity index (χ2n) is 5.81. The van der Waals surface area contributed by atoms with Gasteiger partial charge in [0.2, 0.25) is 0 Å². The molecule has 0 radical (unpaired) electrons. The van der Waals surface area contributed by atoms with Crippen molar-refractivity contribution in [3.8, 4) is 0 Å². The normalized spacial score (nSPS) is 11.2. The van der Waals surface area contributed by atoms with E-state index in [9.17, 15) is 4.79 Å². The molecule has 1 aromatic carbocycles. The van der Waals surface area contributed by atoms with Crippen LogP contribution in [0.25, 0.3) is 10.2 Å². The quantitative estimate of drug-likeness (QED) is 0.621. The fourth-order valence-electron chi connectivity index (χ4n) is 2.62. The number of amides is 1. The summed E-state index contributed by atoms with van der Waals surface area (Å²) in [5.41, 5.74) is 2.06. The van der Waals surface area contributed by atoms with Gasteiger partial charge in [-0.05, 0) is 37.2 Å². The predicted octanol–water partition coefficient (Wildman–Crippen LogP) is 3.45. The van der Waals surface area contributed by atoms with Crippen LogP contribution < -0.4 is 10.6 Å². The predicted molar refractivity (Wildman–Crippen MR) is 104 cm³/mol. The minimum Gasteiger partial charge on any atom is -0.350 e. The first-order valence-corrected chi connectivity index (χ1v) is 9.48. The second-order valence-corrected chi connectivity index (χ2v) is 7.28. The molecule has 1 amide bonds. The van der Waals surface area contributed by atoms with Crippen LogP contribution in [0.2, 0.25) is 5.02 Å². The number of halogens is 1. The Hall–Kier alpha value is -1.89. The van der Waals surface area contributed by atoms with Gasteiger partial charge in [-0.3, -0.25) is 9.48 Å². The summed E-state index contributed by atoms with van der Waals surface area (Å²) >= 11 is 7.43. The van der Waals surface area contributed by atoms with Gasteiger partial charge in [-0.2, -0.15) is 5.10 Å². The Morgan fingerprint density at radius 3 is 2.76 bits per heavy atom. The standard InChI is InChI=1S/C18H21ClN4OS/c1-3-20-8-9-21-17(24)16-10-15-12(2)22-23(18(15)25-16)11-13-4-6-14(19)7-5-13/h4-7,10,20H,3,8-9,11H2,1-2H3,(H,21,24). The van der Waals surface area contributed by atoms with E-state index in [1.165, 1.54) is 11.3 Å². The molecular weight excluding hydrogens is 356 g/mol. The van der Waals surface area contributed by atoms with Gasteiger partial charge in [0.25, 0.3) is 5.91 Å². The SMILES string of the molecule is CCNCCNC(=O)c1cc2c(C)nn(Cc3ccc(Cl)cc3)c2s1. The lowest BCUT2D eigenvalue weighted by Crippen LogP contribution is -2.31. The first-order chi connectivity index (χ1) is 12.1. The minimum atomic E-state index is -0.0310. The summed E-state index contributed by atoms with van der Waals surface area (Å²) in [6.07, 6.45) is 0. The van der Waals surface area contributed by atoms with Crippen molar-refractivity contribution in [1.82, 2.24) is 20.4 Å². The molecule has 0 unspecified atom stereocenters. The maximum absolute atomic E-state index is 12.3. The van der Waals surface area contributed by atoms with E-state index >= 15 is 0 Å². The van der Waals surface area contributed by atoms with Gasteiger partial charge in [0.05, 0.1) is 17.1 Å². The zero-order valence-electron chi connectivity index (χ0n) is 14.3. The van der Waals surface area contributed by atoms with Crippen molar-refractivity contribution < 1.29 is 4.79 Å². The van der Waals surface area contributed by atoms with Crippen molar-refractivity contribution in [3.05, 3.63) is 51.5 Å². The van der Waals surface area contributed by atoms with E-state index in [-0.39, 0.29) is 5.91 Å². The number of fused-ring (bicyclic) bond motifs is 1. The fourth-order valence-corrected chi connectivity index (χ4v) is 3.83. The average molecular weight is 377 g/mol. The van der Waals surface area contributed by atoms with E-state index in [0.29, 0.717) is 13.1 Å². The summed E-state index contributed by atoms with van der Waals surface area (Å²) in [5.74, 6) is -0.0310. The number of hydrogen-bond donors (Lipinski definition) is 2. The first-order valence-electron chi connectivity index (χ1n) is 8.28. The van der Waals surface area contributed by atoms with E-state index in [2.05, 4.69) is 15.7 Å². The molecule has 0 saturated carbocycles. The van der Waals surface area contributed by atoms with Crippen molar-refractivity contribution in [2.24, 2.45) is 0 Å². The molecule has 2 heterocycles. The van der Waals surface area contributed by atoms with Gasteiger partial charge in [-0.15, -0.1) is 11.3 Å². The van der Waals surface area contributed by atoms with Crippen molar-refractivity contribution in [1.29, 1.82) is 0 Å². The van der Waals surface area contributed by atoms with Crippen LogP contribution in [0.5, 0.6) is 0 Å². The highest BCUT2D eigenvalue weighted by Gasteiger charge is 2.16. The van der Waals surface area contributed by atoms with Crippen LogP contribution in [0, 0.1) is 6.92 Å². The molecule has 2 aromatic heterocycles. The molecule has 0 aliphatic rings. The third kappa shape index (κ3) is 4.21. The van der Waals surface area contributed by atoms with Gasteiger partial charge in [-0.25, -0.2) is 0 Å². The number of likely N-dealkylation sites (N-methyl/N-ethyl adjacent to an activating group) is 1.